The quantitative estimate of drug-likeness (QED) is 0.567. The fourth-order valence-electron chi connectivity index (χ4n) is 2.89. The monoisotopic (exact) mass is 448 g/mol. The summed E-state index contributed by atoms with van der Waals surface area (Å²) in [5.41, 5.74) is 2.76. The molecule has 0 heterocycles. The Kier molecular flexibility index (Phi) is 6.14. The predicted molar refractivity (Wildman–Crippen MR) is 116 cm³/mol. The molecule has 3 aromatic rings. The first-order valence-electron chi connectivity index (χ1n) is 9.00. The lowest BCUT2D eigenvalue weighted by Gasteiger charge is -2.14. The van der Waals surface area contributed by atoms with Crippen molar-refractivity contribution in [1.82, 2.24) is 0 Å². The van der Waals surface area contributed by atoms with Gasteiger partial charge in [-0.2, -0.15) is 0 Å². The van der Waals surface area contributed by atoms with Crippen LogP contribution in [0.5, 0.6) is 0 Å². The van der Waals surface area contributed by atoms with E-state index in [1.165, 1.54) is 48.5 Å². The van der Waals surface area contributed by atoms with Crippen LogP contribution in [-0.2, 0) is 25.8 Å². The van der Waals surface area contributed by atoms with Crippen LogP contribution < -0.4 is 9.44 Å². The number of benzene rings is 3. The molecule has 0 bridgehead atoms. The second kappa shape index (κ2) is 8.45. The van der Waals surface area contributed by atoms with E-state index < -0.39 is 25.9 Å². The molecule has 0 aliphatic carbocycles. The van der Waals surface area contributed by atoms with Crippen LogP contribution in [0.25, 0.3) is 0 Å². The largest absolute Gasteiger partial charge is 0.283 e. The molecule has 158 valence electrons. The Morgan fingerprint density at radius 3 is 1.90 bits per heavy atom. The van der Waals surface area contributed by atoms with Gasteiger partial charge in [0.15, 0.2) is 0 Å². The van der Waals surface area contributed by atoms with Crippen LogP contribution in [0.2, 0.25) is 0 Å². The van der Waals surface area contributed by atoms with Crippen LogP contribution in [0.4, 0.5) is 15.8 Å². The lowest BCUT2D eigenvalue weighted by molar-refractivity contribution is 0.599. The summed E-state index contributed by atoms with van der Waals surface area (Å²) in [5, 5.41) is 0. The van der Waals surface area contributed by atoms with Gasteiger partial charge >= 0.3 is 0 Å². The van der Waals surface area contributed by atoms with Gasteiger partial charge in [-0.25, -0.2) is 21.2 Å². The zero-order valence-electron chi connectivity index (χ0n) is 16.4. The predicted octanol–water partition coefficient (Wildman–Crippen LogP) is 4.19. The average molecular weight is 449 g/mol. The summed E-state index contributed by atoms with van der Waals surface area (Å²) in [6.45, 7) is 3.62. The van der Waals surface area contributed by atoms with E-state index in [0.29, 0.717) is 11.3 Å². The Hall–Kier alpha value is -2.91. The molecule has 3 rings (SSSR count). The lowest BCUT2D eigenvalue weighted by Crippen LogP contribution is -2.16. The summed E-state index contributed by atoms with van der Waals surface area (Å²) in [6, 6.07) is 16.0. The summed E-state index contributed by atoms with van der Waals surface area (Å²) < 4.78 is 67.9. The highest BCUT2D eigenvalue weighted by atomic mass is 32.2. The second-order valence-corrected chi connectivity index (χ2v) is 10.3. The maximum atomic E-state index is 13.0. The number of halogens is 1. The Balaban J connectivity index is 1.74. The maximum Gasteiger partial charge on any atom is 0.261 e. The number of sulfonamides is 2. The molecule has 0 unspecified atom stereocenters. The molecular weight excluding hydrogens is 427 g/mol. The van der Waals surface area contributed by atoms with Crippen molar-refractivity contribution in [3.05, 3.63) is 89.2 Å². The van der Waals surface area contributed by atoms with Crippen molar-refractivity contribution < 1.29 is 21.2 Å². The van der Waals surface area contributed by atoms with Crippen molar-refractivity contribution >= 4 is 31.4 Å². The zero-order chi connectivity index (χ0) is 21.9. The van der Waals surface area contributed by atoms with Crippen molar-refractivity contribution in [3.63, 3.8) is 0 Å². The van der Waals surface area contributed by atoms with Crippen LogP contribution in [0, 0.1) is 19.7 Å². The van der Waals surface area contributed by atoms with Gasteiger partial charge in [0.1, 0.15) is 5.82 Å². The van der Waals surface area contributed by atoms with E-state index in [1.54, 1.807) is 0 Å². The molecule has 6 nitrogen and oxygen atoms in total. The van der Waals surface area contributed by atoms with Crippen molar-refractivity contribution in [3.8, 4) is 0 Å². The smallest absolute Gasteiger partial charge is 0.261 e. The molecule has 0 fully saturated rings. The first-order chi connectivity index (χ1) is 14.1. The van der Waals surface area contributed by atoms with Crippen molar-refractivity contribution in [1.29, 1.82) is 0 Å². The SMILES string of the molecule is Cc1cccc(C)c1NS(=O)(=O)c1ccc(NS(=O)(=O)Cc2ccc(F)cc2)cc1. The maximum absolute atomic E-state index is 13.0. The number of nitrogens with one attached hydrogen (secondary N) is 2. The minimum atomic E-state index is -3.83. The molecule has 0 aliphatic heterocycles. The number of hydrogen-bond donors (Lipinski definition) is 2. The van der Waals surface area contributed by atoms with Gasteiger partial charge in [-0.1, -0.05) is 30.3 Å². The standard InChI is InChI=1S/C21H21FN2O4S2/c1-15-4-3-5-16(2)21(15)24-30(27,28)20-12-10-19(11-13-20)23-29(25,26)14-17-6-8-18(22)9-7-17/h3-13,23-24H,14H2,1-2H3. The highest BCUT2D eigenvalue weighted by Crippen LogP contribution is 2.24. The Morgan fingerprint density at radius 2 is 1.33 bits per heavy atom. The third-order valence-electron chi connectivity index (χ3n) is 4.43. The third kappa shape index (κ3) is 5.37. The van der Waals surface area contributed by atoms with Gasteiger partial charge < -0.3 is 0 Å². The molecule has 0 saturated heterocycles. The molecule has 0 amide bonds. The summed E-state index contributed by atoms with van der Waals surface area (Å²) in [6.07, 6.45) is 0. The van der Waals surface area contributed by atoms with Gasteiger partial charge in [-0.05, 0) is 66.9 Å². The van der Waals surface area contributed by atoms with Crippen LogP contribution in [-0.4, -0.2) is 16.8 Å². The van der Waals surface area contributed by atoms with Gasteiger partial charge in [0.25, 0.3) is 10.0 Å². The molecule has 0 aliphatic rings. The van der Waals surface area contributed by atoms with E-state index in [9.17, 15) is 21.2 Å². The molecule has 9 heteroatoms. The van der Waals surface area contributed by atoms with E-state index in [-0.39, 0.29) is 16.3 Å². The highest BCUT2D eigenvalue weighted by Gasteiger charge is 2.17. The average Bonchev–Trinajstić information content (AvgIpc) is 2.67. The van der Waals surface area contributed by atoms with E-state index in [4.69, 9.17) is 0 Å². The molecular formula is C21H21FN2O4S2. The molecule has 0 spiro atoms. The van der Waals surface area contributed by atoms with Gasteiger partial charge in [0, 0.05) is 5.69 Å². The first kappa shape index (κ1) is 21.8. The number of anilines is 2. The molecule has 0 aromatic heterocycles. The van der Waals surface area contributed by atoms with Crippen LogP contribution in [0.3, 0.4) is 0 Å². The summed E-state index contributed by atoms with van der Waals surface area (Å²) in [4.78, 5) is 0.00614. The van der Waals surface area contributed by atoms with Crippen LogP contribution in [0.1, 0.15) is 16.7 Å². The van der Waals surface area contributed by atoms with E-state index >= 15 is 0 Å². The van der Waals surface area contributed by atoms with Crippen molar-refractivity contribution in [2.75, 3.05) is 9.44 Å². The van der Waals surface area contributed by atoms with Crippen LogP contribution in [0.15, 0.2) is 71.6 Å². The van der Waals surface area contributed by atoms with Gasteiger partial charge in [0.05, 0.1) is 16.3 Å². The number of rotatable bonds is 7. The molecule has 0 radical (unpaired) electrons. The number of para-hydroxylation sites is 1. The van der Waals surface area contributed by atoms with Gasteiger partial charge in [-0.15, -0.1) is 0 Å². The van der Waals surface area contributed by atoms with E-state index in [1.807, 2.05) is 32.0 Å². The number of hydrogen-bond acceptors (Lipinski definition) is 4. The summed E-state index contributed by atoms with van der Waals surface area (Å²) in [7, 11) is -7.58. The van der Waals surface area contributed by atoms with E-state index in [2.05, 4.69) is 9.44 Å². The molecule has 0 atom stereocenters. The molecule has 3 aromatic carbocycles. The fourth-order valence-corrected chi connectivity index (χ4v) is 5.29. The Morgan fingerprint density at radius 1 is 0.767 bits per heavy atom. The normalized spacial score (nSPS) is 11.8. The van der Waals surface area contributed by atoms with Gasteiger partial charge in [-0.3, -0.25) is 9.44 Å². The minimum Gasteiger partial charge on any atom is -0.283 e. The Bertz CT molecular complexity index is 1240. The first-order valence-corrected chi connectivity index (χ1v) is 12.1. The van der Waals surface area contributed by atoms with Crippen molar-refractivity contribution in [2.24, 2.45) is 0 Å². The van der Waals surface area contributed by atoms with Crippen LogP contribution >= 0.6 is 0 Å². The lowest BCUT2D eigenvalue weighted by atomic mass is 10.1. The minimum absolute atomic E-state index is 0.00614. The zero-order valence-corrected chi connectivity index (χ0v) is 18.0. The Labute approximate surface area is 175 Å². The summed E-state index contributed by atoms with van der Waals surface area (Å²) >= 11 is 0. The fraction of sp³-hybridized carbons (Fsp3) is 0.143. The number of aryl methyl sites for hydroxylation is 2. The highest BCUT2D eigenvalue weighted by molar-refractivity contribution is 7.92. The topological polar surface area (TPSA) is 92.3 Å². The molecule has 0 saturated carbocycles. The second-order valence-electron chi connectivity index (χ2n) is 6.88. The third-order valence-corrected chi connectivity index (χ3v) is 7.05. The molecule has 2 N–H and O–H groups in total. The van der Waals surface area contributed by atoms with Crippen molar-refractivity contribution in [2.45, 2.75) is 24.5 Å². The molecule has 30 heavy (non-hydrogen) atoms. The summed E-state index contributed by atoms with van der Waals surface area (Å²) in [5.74, 6) is -0.781. The van der Waals surface area contributed by atoms with E-state index in [0.717, 1.165) is 11.1 Å². The van der Waals surface area contributed by atoms with Gasteiger partial charge in [0.2, 0.25) is 10.0 Å².